The number of carbonyl (C=O) groups is 2. The number of carbonyl (C=O) groups excluding carboxylic acids is 2. The van der Waals surface area contributed by atoms with E-state index in [1.165, 1.54) is 13.0 Å². The van der Waals surface area contributed by atoms with Crippen LogP contribution in [-0.2, 0) is 19.6 Å². The van der Waals surface area contributed by atoms with Crippen molar-refractivity contribution in [3.8, 4) is 0 Å². The Hall–Kier alpha value is -2.87. The third kappa shape index (κ3) is 6.10. The number of benzene rings is 2. The third-order valence-corrected chi connectivity index (χ3v) is 4.79. The summed E-state index contributed by atoms with van der Waals surface area (Å²) in [5.41, 5.74) is 3.34. The summed E-state index contributed by atoms with van der Waals surface area (Å²) in [6.07, 6.45) is 1.03. The van der Waals surface area contributed by atoms with Crippen LogP contribution in [0.15, 0.2) is 42.5 Å². The van der Waals surface area contributed by atoms with Crippen LogP contribution in [0.4, 0.5) is 17.1 Å². The molecule has 2 amide bonds. The van der Waals surface area contributed by atoms with Crippen molar-refractivity contribution in [1.82, 2.24) is 0 Å². The normalized spacial score (nSPS) is 11.0. The Morgan fingerprint density at radius 3 is 2.15 bits per heavy atom. The lowest BCUT2D eigenvalue weighted by molar-refractivity contribution is -0.115. The lowest BCUT2D eigenvalue weighted by Crippen LogP contribution is -2.37. The van der Waals surface area contributed by atoms with Crippen LogP contribution >= 0.6 is 0 Å². The first-order valence-electron chi connectivity index (χ1n) is 8.28. The number of aryl methyl sites for hydroxylation is 2. The number of hydrogen-bond acceptors (Lipinski definition) is 4. The van der Waals surface area contributed by atoms with Gasteiger partial charge in [0.2, 0.25) is 21.8 Å². The first-order chi connectivity index (χ1) is 12.5. The summed E-state index contributed by atoms with van der Waals surface area (Å²) in [6.45, 7) is 4.81. The average molecular weight is 389 g/mol. The number of sulfonamides is 1. The van der Waals surface area contributed by atoms with Gasteiger partial charge in [0, 0.05) is 18.3 Å². The zero-order valence-electron chi connectivity index (χ0n) is 15.7. The number of rotatable bonds is 6. The Bertz CT molecular complexity index is 950. The van der Waals surface area contributed by atoms with Crippen molar-refractivity contribution in [3.63, 3.8) is 0 Å². The van der Waals surface area contributed by atoms with E-state index in [0.29, 0.717) is 17.1 Å². The fourth-order valence-electron chi connectivity index (χ4n) is 2.72. The first-order valence-corrected chi connectivity index (χ1v) is 10.1. The summed E-state index contributed by atoms with van der Waals surface area (Å²) in [4.78, 5) is 23.7. The maximum Gasteiger partial charge on any atom is 0.245 e. The van der Waals surface area contributed by atoms with E-state index in [1.807, 2.05) is 32.0 Å². The molecular formula is C19H23N3O4S. The van der Waals surface area contributed by atoms with Gasteiger partial charge in [-0.25, -0.2) is 8.42 Å². The van der Waals surface area contributed by atoms with Crippen LogP contribution in [-0.4, -0.2) is 33.0 Å². The molecule has 7 nitrogen and oxygen atoms in total. The summed E-state index contributed by atoms with van der Waals surface area (Å²) in [7, 11) is -3.71. The molecule has 144 valence electrons. The van der Waals surface area contributed by atoms with E-state index in [1.54, 1.807) is 18.2 Å². The molecule has 0 spiro atoms. The molecule has 0 atom stereocenters. The van der Waals surface area contributed by atoms with Gasteiger partial charge in [-0.2, -0.15) is 0 Å². The van der Waals surface area contributed by atoms with Gasteiger partial charge in [-0.3, -0.25) is 13.9 Å². The highest BCUT2D eigenvalue weighted by Crippen LogP contribution is 2.22. The largest absolute Gasteiger partial charge is 0.326 e. The molecule has 2 N–H and O–H groups in total. The fraction of sp³-hybridized carbons (Fsp3) is 0.263. The Balaban J connectivity index is 2.25. The number of anilines is 3. The molecule has 0 bridgehead atoms. The summed E-state index contributed by atoms with van der Waals surface area (Å²) < 4.78 is 25.4. The van der Waals surface area contributed by atoms with Gasteiger partial charge in [-0.15, -0.1) is 0 Å². The SMILES string of the molecule is CC(=O)Nc1cccc(N(CC(=O)Nc2cc(C)cc(C)c2)S(C)(=O)=O)c1. The Kier molecular flexibility index (Phi) is 6.22. The van der Waals surface area contributed by atoms with Gasteiger partial charge in [-0.05, 0) is 55.3 Å². The Morgan fingerprint density at radius 1 is 0.963 bits per heavy atom. The molecule has 0 aliphatic rings. The van der Waals surface area contributed by atoms with Crippen molar-refractivity contribution in [2.24, 2.45) is 0 Å². The Labute approximate surface area is 159 Å². The smallest absolute Gasteiger partial charge is 0.245 e. The lowest BCUT2D eigenvalue weighted by Gasteiger charge is -2.22. The molecule has 0 aromatic heterocycles. The Morgan fingerprint density at radius 2 is 1.59 bits per heavy atom. The van der Waals surface area contributed by atoms with E-state index in [4.69, 9.17) is 0 Å². The van der Waals surface area contributed by atoms with Gasteiger partial charge in [0.05, 0.1) is 11.9 Å². The van der Waals surface area contributed by atoms with E-state index >= 15 is 0 Å². The second-order valence-electron chi connectivity index (χ2n) is 6.43. The van der Waals surface area contributed by atoms with Crippen LogP contribution in [0.3, 0.4) is 0 Å². The topological polar surface area (TPSA) is 95.6 Å². The molecule has 0 heterocycles. The fourth-order valence-corrected chi connectivity index (χ4v) is 3.57. The molecule has 2 aromatic rings. The zero-order valence-corrected chi connectivity index (χ0v) is 16.6. The van der Waals surface area contributed by atoms with Gasteiger partial charge >= 0.3 is 0 Å². The second kappa shape index (κ2) is 8.22. The molecule has 0 radical (unpaired) electrons. The van der Waals surface area contributed by atoms with Crippen molar-refractivity contribution in [1.29, 1.82) is 0 Å². The van der Waals surface area contributed by atoms with Crippen LogP contribution < -0.4 is 14.9 Å². The van der Waals surface area contributed by atoms with Crippen LogP contribution in [0.2, 0.25) is 0 Å². The predicted molar refractivity (Wildman–Crippen MR) is 107 cm³/mol. The molecule has 2 aromatic carbocycles. The number of hydrogen-bond donors (Lipinski definition) is 2. The average Bonchev–Trinajstić information content (AvgIpc) is 2.50. The van der Waals surface area contributed by atoms with E-state index in [9.17, 15) is 18.0 Å². The molecule has 27 heavy (non-hydrogen) atoms. The monoisotopic (exact) mass is 389 g/mol. The zero-order chi connectivity index (χ0) is 20.2. The second-order valence-corrected chi connectivity index (χ2v) is 8.33. The molecule has 0 fully saturated rings. The van der Waals surface area contributed by atoms with Crippen molar-refractivity contribution in [2.45, 2.75) is 20.8 Å². The van der Waals surface area contributed by atoms with Gasteiger partial charge < -0.3 is 10.6 Å². The van der Waals surface area contributed by atoms with Crippen molar-refractivity contribution in [3.05, 3.63) is 53.6 Å². The minimum atomic E-state index is -3.71. The highest BCUT2D eigenvalue weighted by molar-refractivity contribution is 7.92. The molecule has 0 saturated carbocycles. The van der Waals surface area contributed by atoms with Gasteiger partial charge in [0.15, 0.2) is 0 Å². The summed E-state index contributed by atoms with van der Waals surface area (Å²) in [6, 6.07) is 11.9. The van der Waals surface area contributed by atoms with Crippen LogP contribution in [0.1, 0.15) is 18.1 Å². The van der Waals surface area contributed by atoms with Crippen molar-refractivity contribution < 1.29 is 18.0 Å². The summed E-state index contributed by atoms with van der Waals surface area (Å²) in [5.74, 6) is -0.735. The first kappa shape index (κ1) is 20.4. The standard InChI is InChI=1S/C19H23N3O4S/c1-13-8-14(2)10-17(9-13)21-19(24)12-22(27(4,25)26)18-7-5-6-16(11-18)20-15(3)23/h5-11H,12H2,1-4H3,(H,20,23)(H,21,24). The highest BCUT2D eigenvalue weighted by atomic mass is 32.2. The number of amides is 2. The van der Waals surface area contributed by atoms with E-state index < -0.39 is 15.9 Å². The molecule has 0 saturated heterocycles. The van der Waals surface area contributed by atoms with E-state index in [-0.39, 0.29) is 12.5 Å². The van der Waals surface area contributed by atoms with Gasteiger partial charge in [0.25, 0.3) is 0 Å². The van der Waals surface area contributed by atoms with Crippen molar-refractivity contribution >= 4 is 38.9 Å². The maximum absolute atomic E-state index is 12.4. The molecule has 0 aliphatic carbocycles. The van der Waals surface area contributed by atoms with Gasteiger partial charge in [-0.1, -0.05) is 12.1 Å². The van der Waals surface area contributed by atoms with Crippen LogP contribution in [0.5, 0.6) is 0 Å². The molecule has 0 unspecified atom stereocenters. The summed E-state index contributed by atoms with van der Waals surface area (Å²) >= 11 is 0. The minimum absolute atomic E-state index is 0.273. The summed E-state index contributed by atoms with van der Waals surface area (Å²) in [5, 5.41) is 5.32. The van der Waals surface area contributed by atoms with Gasteiger partial charge in [0.1, 0.15) is 6.54 Å². The van der Waals surface area contributed by atoms with Crippen LogP contribution in [0, 0.1) is 13.8 Å². The minimum Gasteiger partial charge on any atom is -0.326 e. The molecular weight excluding hydrogens is 366 g/mol. The highest BCUT2D eigenvalue weighted by Gasteiger charge is 2.21. The number of nitrogens with one attached hydrogen (secondary N) is 2. The predicted octanol–water partition coefficient (Wildman–Crippen LogP) is 2.67. The third-order valence-electron chi connectivity index (χ3n) is 3.65. The van der Waals surface area contributed by atoms with Crippen molar-refractivity contribution in [2.75, 3.05) is 27.7 Å². The van der Waals surface area contributed by atoms with Crippen LogP contribution in [0.25, 0.3) is 0 Å². The lowest BCUT2D eigenvalue weighted by atomic mass is 10.1. The molecule has 2 rings (SSSR count). The quantitative estimate of drug-likeness (QED) is 0.794. The maximum atomic E-state index is 12.4. The molecule has 0 aliphatic heterocycles. The van der Waals surface area contributed by atoms with E-state index in [2.05, 4.69) is 10.6 Å². The molecule has 8 heteroatoms. The number of nitrogens with zero attached hydrogens (tertiary/aromatic N) is 1. The van der Waals surface area contributed by atoms with E-state index in [0.717, 1.165) is 21.7 Å².